The van der Waals surface area contributed by atoms with E-state index in [0.717, 1.165) is 5.56 Å². The van der Waals surface area contributed by atoms with Gasteiger partial charge in [0.25, 0.3) is 0 Å². The standard InChI is InChI=1S/C14H16ClNO3S/c1-3-20(17,18)13-12(14(13,8-16)9-19-2)10-5-4-6-11(15)7-10/h4-7,12-13H,3,9H2,1-2H3. The maximum absolute atomic E-state index is 12.2. The van der Waals surface area contributed by atoms with Gasteiger partial charge in [0.1, 0.15) is 5.41 Å². The highest BCUT2D eigenvalue weighted by atomic mass is 35.5. The van der Waals surface area contributed by atoms with Gasteiger partial charge in [-0.3, -0.25) is 0 Å². The molecule has 0 N–H and O–H groups in total. The van der Waals surface area contributed by atoms with Gasteiger partial charge in [-0.05, 0) is 17.7 Å². The largest absolute Gasteiger partial charge is 0.383 e. The third kappa shape index (κ3) is 2.32. The van der Waals surface area contributed by atoms with Crippen LogP contribution in [0.2, 0.25) is 5.02 Å². The van der Waals surface area contributed by atoms with E-state index in [9.17, 15) is 13.7 Å². The zero-order valence-corrected chi connectivity index (χ0v) is 12.9. The molecule has 0 aromatic heterocycles. The third-order valence-electron chi connectivity index (χ3n) is 3.84. The van der Waals surface area contributed by atoms with Gasteiger partial charge in [0.05, 0.1) is 17.9 Å². The molecule has 0 amide bonds. The van der Waals surface area contributed by atoms with Gasteiger partial charge in [0.15, 0.2) is 9.84 Å². The number of halogens is 1. The summed E-state index contributed by atoms with van der Waals surface area (Å²) in [5.41, 5.74) is -0.230. The van der Waals surface area contributed by atoms with Gasteiger partial charge < -0.3 is 4.74 Å². The van der Waals surface area contributed by atoms with Gasteiger partial charge in [-0.15, -0.1) is 0 Å². The van der Waals surface area contributed by atoms with Crippen molar-refractivity contribution in [3.05, 3.63) is 34.9 Å². The predicted octanol–water partition coefficient (Wildman–Crippen LogP) is 2.40. The minimum absolute atomic E-state index is 0.0158. The highest BCUT2D eigenvalue weighted by Crippen LogP contribution is 2.63. The van der Waals surface area contributed by atoms with E-state index in [2.05, 4.69) is 6.07 Å². The van der Waals surface area contributed by atoms with Crippen molar-refractivity contribution in [2.75, 3.05) is 19.5 Å². The van der Waals surface area contributed by atoms with E-state index >= 15 is 0 Å². The highest BCUT2D eigenvalue weighted by Gasteiger charge is 2.71. The van der Waals surface area contributed by atoms with Crippen molar-refractivity contribution in [3.8, 4) is 6.07 Å². The van der Waals surface area contributed by atoms with Gasteiger partial charge in [0.2, 0.25) is 0 Å². The Bertz CT molecular complexity index is 653. The van der Waals surface area contributed by atoms with Gasteiger partial charge in [0, 0.05) is 23.8 Å². The zero-order valence-electron chi connectivity index (χ0n) is 11.3. The first kappa shape index (κ1) is 15.3. The van der Waals surface area contributed by atoms with Crippen molar-refractivity contribution < 1.29 is 13.2 Å². The monoisotopic (exact) mass is 313 g/mol. The van der Waals surface area contributed by atoms with Crippen LogP contribution in [0.4, 0.5) is 0 Å². The fourth-order valence-electron chi connectivity index (χ4n) is 2.86. The summed E-state index contributed by atoms with van der Waals surface area (Å²) in [4.78, 5) is 0. The van der Waals surface area contributed by atoms with E-state index < -0.39 is 20.5 Å². The van der Waals surface area contributed by atoms with Crippen LogP contribution in [0.25, 0.3) is 0 Å². The van der Waals surface area contributed by atoms with Crippen LogP contribution in [-0.2, 0) is 14.6 Å². The van der Waals surface area contributed by atoms with E-state index in [1.165, 1.54) is 7.11 Å². The Hall–Kier alpha value is -1.09. The molecule has 1 aromatic rings. The highest BCUT2D eigenvalue weighted by molar-refractivity contribution is 7.92. The summed E-state index contributed by atoms with van der Waals surface area (Å²) in [7, 11) is -1.85. The van der Waals surface area contributed by atoms with Crippen LogP contribution < -0.4 is 0 Å². The minimum Gasteiger partial charge on any atom is -0.383 e. The molecule has 1 aliphatic carbocycles. The van der Waals surface area contributed by atoms with Crippen molar-refractivity contribution >= 4 is 21.4 Å². The first-order chi connectivity index (χ1) is 9.43. The molecule has 0 bridgehead atoms. The predicted molar refractivity (Wildman–Crippen MR) is 77.4 cm³/mol. The topological polar surface area (TPSA) is 67.2 Å². The first-order valence-corrected chi connectivity index (χ1v) is 8.39. The maximum Gasteiger partial charge on any atom is 0.155 e. The van der Waals surface area contributed by atoms with Crippen molar-refractivity contribution in [2.45, 2.75) is 18.1 Å². The van der Waals surface area contributed by atoms with E-state index in [1.807, 2.05) is 6.07 Å². The zero-order chi connectivity index (χ0) is 15.0. The number of nitriles is 1. The van der Waals surface area contributed by atoms with Crippen molar-refractivity contribution in [3.63, 3.8) is 0 Å². The Balaban J connectivity index is 2.48. The molecule has 4 nitrogen and oxygen atoms in total. The molecule has 1 fully saturated rings. The molecule has 1 aromatic carbocycles. The molecular weight excluding hydrogens is 298 g/mol. The molecule has 108 valence electrons. The fourth-order valence-corrected chi connectivity index (χ4v) is 5.06. The van der Waals surface area contributed by atoms with Crippen molar-refractivity contribution in [2.24, 2.45) is 5.41 Å². The summed E-state index contributed by atoms with van der Waals surface area (Å²) >= 11 is 5.96. The molecule has 1 aliphatic rings. The average Bonchev–Trinajstić information content (AvgIpc) is 3.09. The summed E-state index contributed by atoms with van der Waals surface area (Å²) < 4.78 is 29.6. The summed E-state index contributed by atoms with van der Waals surface area (Å²) in [6.07, 6.45) is 0. The van der Waals surface area contributed by atoms with E-state index in [-0.39, 0.29) is 18.3 Å². The summed E-state index contributed by atoms with van der Waals surface area (Å²) in [6.45, 7) is 1.70. The van der Waals surface area contributed by atoms with E-state index in [4.69, 9.17) is 16.3 Å². The van der Waals surface area contributed by atoms with Crippen LogP contribution in [0.5, 0.6) is 0 Å². The Morgan fingerprint density at radius 3 is 2.70 bits per heavy atom. The molecular formula is C14H16ClNO3S. The summed E-state index contributed by atoms with van der Waals surface area (Å²) in [5, 5.41) is 9.31. The molecule has 0 saturated heterocycles. The molecule has 0 heterocycles. The first-order valence-electron chi connectivity index (χ1n) is 6.30. The lowest BCUT2D eigenvalue weighted by atomic mass is 10.0. The van der Waals surface area contributed by atoms with Crippen LogP contribution in [0.1, 0.15) is 18.4 Å². The second-order valence-corrected chi connectivity index (χ2v) is 7.84. The number of nitrogens with zero attached hydrogens (tertiary/aromatic N) is 1. The molecule has 2 rings (SSSR count). The smallest absolute Gasteiger partial charge is 0.155 e. The van der Waals surface area contributed by atoms with Crippen molar-refractivity contribution in [1.29, 1.82) is 5.26 Å². The number of methoxy groups -OCH3 is 1. The second-order valence-electron chi connectivity index (χ2n) is 4.99. The van der Waals surface area contributed by atoms with Gasteiger partial charge in [-0.25, -0.2) is 8.42 Å². The second kappa shape index (κ2) is 5.36. The van der Waals surface area contributed by atoms with Gasteiger partial charge in [-0.1, -0.05) is 30.7 Å². The molecule has 3 unspecified atom stereocenters. The number of rotatable bonds is 5. The fraction of sp³-hybridized carbons (Fsp3) is 0.500. The maximum atomic E-state index is 12.2. The number of ether oxygens (including phenoxy) is 1. The number of hydrogen-bond donors (Lipinski definition) is 0. The Kier molecular flexibility index (Phi) is 4.10. The summed E-state index contributed by atoms with van der Waals surface area (Å²) in [5.74, 6) is -0.363. The normalized spacial score (nSPS) is 28.9. The SMILES string of the molecule is CCS(=O)(=O)C1C(c2cccc(Cl)c2)C1(C#N)COC. The Labute approximate surface area is 124 Å². The van der Waals surface area contributed by atoms with Crippen LogP contribution in [0.15, 0.2) is 24.3 Å². The Morgan fingerprint density at radius 2 is 2.20 bits per heavy atom. The quantitative estimate of drug-likeness (QED) is 0.837. The van der Waals surface area contributed by atoms with Crippen LogP contribution in [-0.4, -0.2) is 33.1 Å². The van der Waals surface area contributed by atoms with Gasteiger partial charge in [-0.2, -0.15) is 5.26 Å². The van der Waals surface area contributed by atoms with Gasteiger partial charge >= 0.3 is 0 Å². The number of sulfone groups is 1. The molecule has 1 saturated carbocycles. The minimum atomic E-state index is -3.32. The molecule has 0 radical (unpaired) electrons. The molecule has 20 heavy (non-hydrogen) atoms. The molecule has 0 spiro atoms. The molecule has 0 aliphatic heterocycles. The van der Waals surface area contributed by atoms with Crippen LogP contribution in [0.3, 0.4) is 0 Å². The van der Waals surface area contributed by atoms with Crippen LogP contribution >= 0.6 is 11.6 Å². The Morgan fingerprint density at radius 1 is 1.50 bits per heavy atom. The summed E-state index contributed by atoms with van der Waals surface area (Å²) in [6, 6.07) is 9.18. The number of hydrogen-bond acceptors (Lipinski definition) is 4. The average molecular weight is 314 g/mol. The van der Waals surface area contributed by atoms with E-state index in [1.54, 1.807) is 25.1 Å². The molecule has 6 heteroatoms. The lowest BCUT2D eigenvalue weighted by Crippen LogP contribution is -2.20. The molecule has 3 atom stereocenters. The lowest BCUT2D eigenvalue weighted by Gasteiger charge is -2.07. The van der Waals surface area contributed by atoms with Crippen LogP contribution in [0, 0.1) is 16.7 Å². The number of benzene rings is 1. The van der Waals surface area contributed by atoms with Crippen molar-refractivity contribution in [1.82, 2.24) is 0 Å². The third-order valence-corrected chi connectivity index (χ3v) is 6.35. The lowest BCUT2D eigenvalue weighted by molar-refractivity contribution is 0.162. The van der Waals surface area contributed by atoms with E-state index in [0.29, 0.717) is 5.02 Å².